The van der Waals surface area contributed by atoms with E-state index in [2.05, 4.69) is 5.10 Å². The van der Waals surface area contributed by atoms with Gasteiger partial charge in [-0.15, -0.1) is 0 Å². The van der Waals surface area contributed by atoms with Crippen molar-refractivity contribution >= 4 is 15.6 Å². The molecule has 0 spiro atoms. The van der Waals surface area contributed by atoms with E-state index in [4.69, 9.17) is 0 Å². The normalized spacial score (nSPS) is 22.5. The number of hydrogen-bond donors (Lipinski definition) is 0. The molecule has 0 radical (unpaired) electrons. The standard InChI is InChI=1S/C12H18N2O3S/c1-9(2)14-5-3-11(13-14)7-12(15)10-4-6-18(16,17)8-10/h3,5,9-10H,4,6-8H2,1-2H3. The van der Waals surface area contributed by atoms with Crippen molar-refractivity contribution in [2.45, 2.75) is 32.7 Å². The number of aromatic nitrogens is 2. The number of carbonyl (C=O) groups is 1. The molecule has 0 bridgehead atoms. The van der Waals surface area contributed by atoms with Crippen LogP contribution in [0, 0.1) is 5.92 Å². The van der Waals surface area contributed by atoms with Crippen LogP contribution in [-0.4, -0.2) is 35.5 Å². The Morgan fingerprint density at radius 3 is 2.78 bits per heavy atom. The topological polar surface area (TPSA) is 69.0 Å². The molecule has 1 atom stereocenters. The van der Waals surface area contributed by atoms with Crippen molar-refractivity contribution in [1.82, 2.24) is 9.78 Å². The smallest absolute Gasteiger partial charge is 0.151 e. The second-order valence-corrected chi connectivity index (χ2v) is 7.35. The number of carbonyl (C=O) groups excluding carboxylic acids is 1. The third-order valence-electron chi connectivity index (χ3n) is 3.24. The second-order valence-electron chi connectivity index (χ2n) is 5.12. The van der Waals surface area contributed by atoms with Crippen molar-refractivity contribution in [1.29, 1.82) is 0 Å². The van der Waals surface area contributed by atoms with Gasteiger partial charge in [0.05, 0.1) is 23.6 Å². The summed E-state index contributed by atoms with van der Waals surface area (Å²) in [5.41, 5.74) is 0.720. The van der Waals surface area contributed by atoms with Gasteiger partial charge in [0.25, 0.3) is 0 Å². The summed E-state index contributed by atoms with van der Waals surface area (Å²) in [6.07, 6.45) is 2.55. The van der Waals surface area contributed by atoms with Crippen molar-refractivity contribution < 1.29 is 13.2 Å². The van der Waals surface area contributed by atoms with Crippen molar-refractivity contribution in [3.63, 3.8) is 0 Å². The molecule has 1 aliphatic rings. The highest BCUT2D eigenvalue weighted by atomic mass is 32.2. The SMILES string of the molecule is CC(C)n1ccc(CC(=O)C2CCS(=O)(=O)C2)n1. The summed E-state index contributed by atoms with van der Waals surface area (Å²) in [5.74, 6) is -0.190. The van der Waals surface area contributed by atoms with Crippen LogP contribution in [0.15, 0.2) is 12.3 Å². The van der Waals surface area contributed by atoms with Gasteiger partial charge in [-0.1, -0.05) is 0 Å². The highest BCUT2D eigenvalue weighted by Gasteiger charge is 2.32. The minimum absolute atomic E-state index is 0.00918. The molecule has 1 aromatic heterocycles. The van der Waals surface area contributed by atoms with E-state index in [0.29, 0.717) is 6.42 Å². The van der Waals surface area contributed by atoms with E-state index in [-0.39, 0.29) is 35.7 Å². The fourth-order valence-corrected chi connectivity index (χ4v) is 3.91. The lowest BCUT2D eigenvalue weighted by molar-refractivity contribution is -0.121. The van der Waals surface area contributed by atoms with Crippen LogP contribution in [0.4, 0.5) is 0 Å². The van der Waals surface area contributed by atoms with Crippen LogP contribution in [-0.2, 0) is 21.1 Å². The Labute approximate surface area is 107 Å². The Morgan fingerprint density at radius 1 is 1.56 bits per heavy atom. The summed E-state index contributed by atoms with van der Waals surface area (Å²) in [6, 6.07) is 2.09. The first-order chi connectivity index (χ1) is 8.37. The van der Waals surface area contributed by atoms with E-state index in [1.54, 1.807) is 4.68 Å². The van der Waals surface area contributed by atoms with Crippen molar-refractivity contribution in [2.75, 3.05) is 11.5 Å². The Kier molecular flexibility index (Phi) is 3.56. The van der Waals surface area contributed by atoms with Crippen LogP contribution < -0.4 is 0 Å². The molecule has 100 valence electrons. The molecule has 0 amide bonds. The van der Waals surface area contributed by atoms with Crippen LogP contribution in [0.1, 0.15) is 32.0 Å². The van der Waals surface area contributed by atoms with E-state index in [1.165, 1.54) is 0 Å². The van der Waals surface area contributed by atoms with E-state index >= 15 is 0 Å². The van der Waals surface area contributed by atoms with Gasteiger partial charge < -0.3 is 0 Å². The van der Waals surface area contributed by atoms with Gasteiger partial charge in [0, 0.05) is 18.2 Å². The van der Waals surface area contributed by atoms with E-state index in [9.17, 15) is 13.2 Å². The minimum atomic E-state index is -2.99. The molecule has 6 heteroatoms. The second kappa shape index (κ2) is 4.84. The zero-order valence-corrected chi connectivity index (χ0v) is 11.5. The monoisotopic (exact) mass is 270 g/mol. The van der Waals surface area contributed by atoms with Crippen molar-refractivity contribution in [3.05, 3.63) is 18.0 Å². The average molecular weight is 270 g/mol. The van der Waals surface area contributed by atoms with Crippen LogP contribution >= 0.6 is 0 Å². The van der Waals surface area contributed by atoms with Crippen LogP contribution in [0.5, 0.6) is 0 Å². The predicted octanol–water partition coefficient (Wildman–Crippen LogP) is 1.01. The molecule has 2 heterocycles. The first kappa shape index (κ1) is 13.3. The number of ketones is 1. The molecule has 1 aliphatic heterocycles. The Morgan fingerprint density at radius 2 is 2.28 bits per heavy atom. The molecule has 1 unspecified atom stereocenters. The van der Waals surface area contributed by atoms with Crippen LogP contribution in [0.2, 0.25) is 0 Å². The lowest BCUT2D eigenvalue weighted by Gasteiger charge is -2.05. The number of Topliss-reactive ketones (excluding diaryl/α,β-unsaturated/α-hetero) is 1. The molecular formula is C12H18N2O3S. The molecule has 5 nitrogen and oxygen atoms in total. The molecular weight excluding hydrogens is 252 g/mol. The molecule has 0 N–H and O–H groups in total. The summed E-state index contributed by atoms with van der Waals surface area (Å²) in [7, 11) is -2.99. The zero-order valence-electron chi connectivity index (χ0n) is 10.7. The minimum Gasteiger partial charge on any atom is -0.299 e. The largest absolute Gasteiger partial charge is 0.299 e. The van der Waals surface area contributed by atoms with Crippen molar-refractivity contribution in [3.8, 4) is 0 Å². The van der Waals surface area contributed by atoms with Crippen molar-refractivity contribution in [2.24, 2.45) is 5.92 Å². The summed E-state index contributed by atoms with van der Waals surface area (Å²) >= 11 is 0. The Bertz CT molecular complexity index is 545. The molecule has 0 saturated carbocycles. The quantitative estimate of drug-likeness (QED) is 0.819. The van der Waals surface area contributed by atoms with E-state index in [0.717, 1.165) is 5.69 Å². The molecule has 18 heavy (non-hydrogen) atoms. The third-order valence-corrected chi connectivity index (χ3v) is 5.00. The number of sulfone groups is 1. The summed E-state index contributed by atoms with van der Waals surface area (Å²) < 4.78 is 24.4. The molecule has 1 fully saturated rings. The number of rotatable bonds is 4. The summed E-state index contributed by atoms with van der Waals surface area (Å²) in [4.78, 5) is 12.0. The first-order valence-electron chi connectivity index (χ1n) is 6.14. The van der Waals surface area contributed by atoms with Gasteiger partial charge in [0.15, 0.2) is 9.84 Å². The van der Waals surface area contributed by atoms with Crippen LogP contribution in [0.3, 0.4) is 0 Å². The summed E-state index contributed by atoms with van der Waals surface area (Å²) in [6.45, 7) is 4.03. The number of hydrogen-bond acceptors (Lipinski definition) is 4. The highest BCUT2D eigenvalue weighted by molar-refractivity contribution is 7.91. The molecule has 0 aliphatic carbocycles. The van der Waals surface area contributed by atoms with Gasteiger partial charge >= 0.3 is 0 Å². The third kappa shape index (κ3) is 2.98. The average Bonchev–Trinajstić information content (AvgIpc) is 2.84. The molecule has 0 aromatic carbocycles. The maximum Gasteiger partial charge on any atom is 0.151 e. The lowest BCUT2D eigenvalue weighted by Crippen LogP contribution is -2.18. The van der Waals surface area contributed by atoms with Gasteiger partial charge in [0.2, 0.25) is 0 Å². The van der Waals surface area contributed by atoms with Gasteiger partial charge in [-0.05, 0) is 26.3 Å². The zero-order chi connectivity index (χ0) is 13.3. The maximum absolute atomic E-state index is 12.0. The van der Waals surface area contributed by atoms with Gasteiger partial charge in [-0.3, -0.25) is 9.48 Å². The summed E-state index contributed by atoms with van der Waals surface area (Å²) in [5, 5.41) is 4.30. The first-order valence-corrected chi connectivity index (χ1v) is 7.97. The molecule has 2 rings (SSSR count). The van der Waals surface area contributed by atoms with Gasteiger partial charge in [-0.25, -0.2) is 8.42 Å². The molecule has 1 saturated heterocycles. The molecule has 1 aromatic rings. The Hall–Kier alpha value is -1.17. The predicted molar refractivity (Wildman–Crippen MR) is 68.1 cm³/mol. The Balaban J connectivity index is 1.99. The van der Waals surface area contributed by atoms with Crippen LogP contribution in [0.25, 0.3) is 0 Å². The fourth-order valence-electron chi connectivity index (χ4n) is 2.13. The van der Waals surface area contributed by atoms with E-state index < -0.39 is 9.84 Å². The fraction of sp³-hybridized carbons (Fsp3) is 0.667. The van der Waals surface area contributed by atoms with E-state index in [1.807, 2.05) is 26.1 Å². The lowest BCUT2D eigenvalue weighted by atomic mass is 10.0. The number of nitrogens with zero attached hydrogens (tertiary/aromatic N) is 2. The maximum atomic E-state index is 12.0. The highest BCUT2D eigenvalue weighted by Crippen LogP contribution is 2.20. The van der Waals surface area contributed by atoms with Gasteiger partial charge in [-0.2, -0.15) is 5.10 Å². The van der Waals surface area contributed by atoms with Gasteiger partial charge in [0.1, 0.15) is 5.78 Å².